The van der Waals surface area contributed by atoms with Crippen molar-refractivity contribution in [2.75, 3.05) is 88.9 Å². The van der Waals surface area contributed by atoms with Gasteiger partial charge in [0.05, 0.1) is 54.4 Å². The average molecular weight is 1390 g/mol. The van der Waals surface area contributed by atoms with Crippen LogP contribution in [-0.4, -0.2) is 152 Å². The zero-order valence-corrected chi connectivity index (χ0v) is 58.4. The van der Waals surface area contributed by atoms with Gasteiger partial charge in [0.25, 0.3) is 11.8 Å². The van der Waals surface area contributed by atoms with Crippen molar-refractivity contribution in [1.82, 2.24) is 54.2 Å². The van der Waals surface area contributed by atoms with E-state index in [-0.39, 0.29) is 54.6 Å². The van der Waals surface area contributed by atoms with Crippen molar-refractivity contribution < 1.29 is 28.6 Å². The molecule has 2 unspecified atom stereocenters. The van der Waals surface area contributed by atoms with Gasteiger partial charge in [-0.05, 0) is 167 Å². The monoisotopic (exact) mass is 1380 g/mol. The molecule has 10 aromatic rings. The number of likely N-dealkylation sites (N-methyl/N-ethyl adjacent to an activating group) is 2. The van der Waals surface area contributed by atoms with Crippen LogP contribution in [0, 0.1) is 0 Å². The van der Waals surface area contributed by atoms with Crippen LogP contribution in [0.1, 0.15) is 70.4 Å². The quantitative estimate of drug-likeness (QED) is 0.0835. The minimum Gasteiger partial charge on any atom is -0.444 e. The molecule has 2 aliphatic heterocycles. The number of anilines is 4. The number of rotatable bonds is 13. The van der Waals surface area contributed by atoms with Gasteiger partial charge in [-0.2, -0.15) is 0 Å². The summed E-state index contributed by atoms with van der Waals surface area (Å²) in [5, 5.41) is 3.15. The first-order chi connectivity index (χ1) is 45.7. The molecule has 0 radical (unpaired) electrons. The van der Waals surface area contributed by atoms with Gasteiger partial charge in [0.15, 0.2) is 35.2 Å². The van der Waals surface area contributed by atoms with Gasteiger partial charge in [-0.3, -0.25) is 18.7 Å². The number of hydrogen-bond donors (Lipinski definition) is 4. The summed E-state index contributed by atoms with van der Waals surface area (Å²) in [5.41, 5.74) is 31.7. The first-order valence-corrected chi connectivity index (χ1v) is 32.3. The molecule has 98 heavy (non-hydrogen) atoms. The Bertz CT molecular complexity index is 4510. The number of imidazole rings is 2. The van der Waals surface area contributed by atoms with Crippen molar-refractivity contribution in [3.8, 4) is 56.7 Å². The third kappa shape index (κ3) is 14.6. The van der Waals surface area contributed by atoms with Crippen molar-refractivity contribution in [3.63, 3.8) is 0 Å². The van der Waals surface area contributed by atoms with Gasteiger partial charge in [-0.15, -0.1) is 37.2 Å². The van der Waals surface area contributed by atoms with E-state index in [0.717, 1.165) is 106 Å². The number of alkyl carbamates (subject to hydrolysis) is 1. The molecule has 6 aromatic heterocycles. The number of nitrogens with zero attached hydrogens (tertiary/aromatic N) is 12. The van der Waals surface area contributed by atoms with Crippen LogP contribution in [0.2, 0.25) is 0 Å². The van der Waals surface area contributed by atoms with Crippen LogP contribution in [0.4, 0.5) is 27.8 Å². The second kappa shape index (κ2) is 29.3. The minimum atomic E-state index is -0.586. The second-order valence-corrected chi connectivity index (χ2v) is 26.3. The normalized spacial score (nSPS) is 16.9. The molecule has 0 spiro atoms. The van der Waals surface area contributed by atoms with E-state index in [2.05, 4.69) is 85.7 Å². The van der Waals surface area contributed by atoms with Gasteiger partial charge < -0.3 is 56.3 Å². The summed E-state index contributed by atoms with van der Waals surface area (Å²) in [5.74, 6) is 1.99. The number of amides is 3. The maximum Gasteiger partial charge on any atom is 0.408 e. The van der Waals surface area contributed by atoms with Crippen LogP contribution in [0.15, 0.2) is 158 Å². The summed E-state index contributed by atoms with van der Waals surface area (Å²) in [7, 11) is 7.00. The van der Waals surface area contributed by atoms with Gasteiger partial charge in [0.1, 0.15) is 28.3 Å². The van der Waals surface area contributed by atoms with Gasteiger partial charge in [0, 0.05) is 93.1 Å². The van der Waals surface area contributed by atoms with E-state index in [1.165, 1.54) is 0 Å². The number of morpholine rings is 2. The molecular weight excluding hydrogens is 1300 g/mol. The lowest BCUT2D eigenvalue weighted by atomic mass is 9.72. The van der Waals surface area contributed by atoms with Crippen molar-refractivity contribution in [3.05, 3.63) is 169 Å². The fourth-order valence-electron chi connectivity index (χ4n) is 12.9. The summed E-state index contributed by atoms with van der Waals surface area (Å²) in [4.78, 5) is 74.6. The molecule has 4 aliphatic rings. The van der Waals surface area contributed by atoms with Gasteiger partial charge in [-0.25, -0.2) is 34.7 Å². The molecule has 4 fully saturated rings. The SMILES string of the molecule is CN(C)C(=O)C1CN(c2cccc(-c3ccc4nc(-c5cccnc5N)n(-c5ccc(C6(N)CCC6)cc5)c4n3)c2)CCO1.CN(C)C(=O)C1CN(c2cccc(-c3ccc4nc(-c5cccnc5N)n(-c5ccc(C6(NC(=O)OC(C)(C)C)CCC6)cc5)c4n3)c2)CCO1.Cl.Cl.Cl. The molecule has 512 valence electrons. The highest BCUT2D eigenvalue weighted by atomic mass is 35.5. The maximum absolute atomic E-state index is 12.8. The van der Waals surface area contributed by atoms with E-state index in [4.69, 9.17) is 51.3 Å². The fraction of sp³-hybridized carbons (Fsp3) is 0.329. The molecule has 3 amide bonds. The Hall–Kier alpha value is -9.42. The lowest BCUT2D eigenvalue weighted by Gasteiger charge is -2.43. The van der Waals surface area contributed by atoms with E-state index < -0.39 is 29.4 Å². The minimum absolute atomic E-state index is 0. The molecule has 25 heteroatoms. The molecule has 2 aliphatic carbocycles. The van der Waals surface area contributed by atoms with Crippen LogP contribution in [0.25, 0.3) is 79.0 Å². The van der Waals surface area contributed by atoms with Crippen LogP contribution < -0.4 is 32.3 Å². The third-order valence-electron chi connectivity index (χ3n) is 18.3. The first-order valence-electron chi connectivity index (χ1n) is 32.3. The zero-order chi connectivity index (χ0) is 66.3. The lowest BCUT2D eigenvalue weighted by molar-refractivity contribution is -0.142. The van der Waals surface area contributed by atoms with Crippen molar-refractivity contribution >= 4 is 100 Å². The number of nitrogen functional groups attached to an aromatic ring is 2. The number of fused-ring (bicyclic) bond motifs is 2. The smallest absolute Gasteiger partial charge is 0.408 e. The number of benzene rings is 4. The topological polar surface area (TPSA) is 269 Å². The van der Waals surface area contributed by atoms with Crippen LogP contribution in [-0.2, 0) is 34.9 Å². The predicted molar refractivity (Wildman–Crippen MR) is 392 cm³/mol. The van der Waals surface area contributed by atoms with E-state index in [9.17, 15) is 14.4 Å². The number of ether oxygens (including phenoxy) is 3. The Balaban J connectivity index is 0.000000208. The van der Waals surface area contributed by atoms with Gasteiger partial charge in [0.2, 0.25) is 0 Å². The molecule has 8 heterocycles. The van der Waals surface area contributed by atoms with E-state index in [1.807, 2.05) is 115 Å². The Labute approximate surface area is 588 Å². The van der Waals surface area contributed by atoms with Gasteiger partial charge >= 0.3 is 6.09 Å². The summed E-state index contributed by atoms with van der Waals surface area (Å²) in [6.45, 7) is 8.90. The van der Waals surface area contributed by atoms with Crippen LogP contribution in [0.5, 0.6) is 0 Å². The number of nitrogens with one attached hydrogen (secondary N) is 1. The molecule has 2 atom stereocenters. The number of aromatic nitrogens is 8. The lowest BCUT2D eigenvalue weighted by Crippen LogP contribution is -2.52. The average Bonchev–Trinajstić information content (AvgIpc) is 1.60. The van der Waals surface area contributed by atoms with Crippen LogP contribution in [0.3, 0.4) is 0 Å². The van der Waals surface area contributed by atoms with Crippen molar-refractivity contribution in [2.45, 2.75) is 88.2 Å². The number of halogens is 3. The second-order valence-electron chi connectivity index (χ2n) is 26.3. The molecule has 7 N–H and O–H groups in total. The summed E-state index contributed by atoms with van der Waals surface area (Å²) in [6, 6.07) is 48.5. The maximum atomic E-state index is 12.8. The fourth-order valence-corrected chi connectivity index (χ4v) is 12.9. The van der Waals surface area contributed by atoms with E-state index in [0.29, 0.717) is 85.1 Å². The molecular formula is C73H83Cl3N16O6. The third-order valence-corrected chi connectivity index (χ3v) is 18.3. The molecule has 14 rings (SSSR count). The predicted octanol–water partition coefficient (Wildman–Crippen LogP) is 11.6. The highest BCUT2D eigenvalue weighted by Crippen LogP contribution is 2.43. The largest absolute Gasteiger partial charge is 0.444 e. The highest BCUT2D eigenvalue weighted by Gasteiger charge is 2.42. The Morgan fingerprint density at radius 1 is 0.551 bits per heavy atom. The summed E-state index contributed by atoms with van der Waals surface area (Å²) in [6.07, 6.45) is 7.74. The Morgan fingerprint density at radius 2 is 0.990 bits per heavy atom. The van der Waals surface area contributed by atoms with E-state index >= 15 is 0 Å². The Morgan fingerprint density at radius 3 is 1.38 bits per heavy atom. The Kier molecular flexibility index (Phi) is 21.4. The summed E-state index contributed by atoms with van der Waals surface area (Å²) >= 11 is 0. The molecule has 0 bridgehead atoms. The molecule has 22 nitrogen and oxygen atoms in total. The number of pyridine rings is 4. The number of carbonyl (C=O) groups excluding carboxylic acids is 3. The highest BCUT2D eigenvalue weighted by molar-refractivity contribution is 5.88. The van der Waals surface area contributed by atoms with Gasteiger partial charge in [-0.1, -0.05) is 48.5 Å². The molecule has 4 aromatic carbocycles. The summed E-state index contributed by atoms with van der Waals surface area (Å²) < 4.78 is 21.2. The number of nitrogens with two attached hydrogens (primary N) is 3. The number of carbonyl (C=O) groups is 3. The standard InChI is InChI=1S/C39H44N8O4.C34H36N8O2.3ClH/c1-38(2,3)51-37(49)44-39(18-8-19-39)26-12-14-27(15-13-26)47-34(29-11-7-20-41-33(29)40)43-31-17-16-30(42-35(31)47)25-9-6-10-28(23-25)46-21-22-50-32(24-46)36(48)45(4)5;1-40(2)33(43)29-21-41(18-19-44-29)25-7-3-6-22(20-25)27-13-14-28-32(38-27)42(31(39-28)26-8-4-17-37-30(26)35)24-11-9-23(10-12-24)34(36)15-5-16-34;;;/h6-7,9-17,20,23,32H,8,18-19,21-22,24H2,1-5H3,(H2,40,41)(H,44,49);3-4,6-14,17,20,29H,5,15-16,18-19,21,36H2,1-2H3,(H2,35,37);3*1H. The molecule has 2 saturated heterocycles. The van der Waals surface area contributed by atoms with Crippen LogP contribution >= 0.6 is 37.2 Å². The zero-order valence-electron chi connectivity index (χ0n) is 55.9. The van der Waals surface area contributed by atoms with Crippen molar-refractivity contribution in [2.24, 2.45) is 5.73 Å². The van der Waals surface area contributed by atoms with Crippen molar-refractivity contribution in [1.29, 1.82) is 0 Å². The number of hydrogen-bond acceptors (Lipinski definition) is 17. The molecule has 2 saturated carbocycles. The van der Waals surface area contributed by atoms with E-state index in [1.54, 1.807) is 50.4 Å². The first kappa shape index (κ1) is 71.4.